The Bertz CT molecular complexity index is 1200. The van der Waals surface area contributed by atoms with Crippen LogP contribution in [0.4, 0.5) is 0 Å². The first-order valence-corrected chi connectivity index (χ1v) is 11.9. The quantitative estimate of drug-likeness (QED) is 0.410. The number of methoxy groups -OCH3 is 1. The van der Waals surface area contributed by atoms with E-state index in [1.165, 1.54) is 0 Å². The number of nitrogens with zero attached hydrogens (tertiary/aromatic N) is 5. The third-order valence-corrected chi connectivity index (χ3v) is 6.88. The molecule has 1 fully saturated rings. The summed E-state index contributed by atoms with van der Waals surface area (Å²) in [5.74, 6) is 3.04. The van der Waals surface area contributed by atoms with Gasteiger partial charge in [0.15, 0.2) is 17.1 Å². The number of hydrogen-bond donors (Lipinski definition) is 0. The van der Waals surface area contributed by atoms with Gasteiger partial charge in [0, 0.05) is 29.6 Å². The Balaban J connectivity index is 1.22. The molecule has 1 saturated heterocycles. The number of likely N-dealkylation sites (tertiary alicyclic amines) is 1. The van der Waals surface area contributed by atoms with Crippen LogP contribution in [0.3, 0.4) is 0 Å². The maximum absolute atomic E-state index is 5.63. The van der Waals surface area contributed by atoms with E-state index in [4.69, 9.17) is 14.5 Å². The molecule has 7 nitrogen and oxygen atoms in total. The minimum Gasteiger partial charge on any atom is -0.493 e. The van der Waals surface area contributed by atoms with Crippen LogP contribution in [-0.2, 0) is 6.54 Å². The van der Waals surface area contributed by atoms with Gasteiger partial charge in [-0.3, -0.25) is 9.30 Å². The van der Waals surface area contributed by atoms with Crippen LogP contribution in [0.15, 0.2) is 48.0 Å². The molecule has 0 atom stereocenters. The maximum atomic E-state index is 5.63. The Morgan fingerprint density at radius 3 is 2.78 bits per heavy atom. The number of fused-ring (bicyclic) bond motifs is 1. The monoisotopic (exact) mass is 449 g/mol. The van der Waals surface area contributed by atoms with E-state index in [-0.39, 0.29) is 0 Å². The van der Waals surface area contributed by atoms with Crippen molar-refractivity contribution in [3.63, 3.8) is 0 Å². The van der Waals surface area contributed by atoms with Crippen LogP contribution in [0.1, 0.15) is 37.2 Å². The van der Waals surface area contributed by atoms with Crippen molar-refractivity contribution in [2.45, 2.75) is 32.2 Å². The van der Waals surface area contributed by atoms with Gasteiger partial charge in [0.2, 0.25) is 0 Å². The molecule has 1 aliphatic rings. The zero-order chi connectivity index (χ0) is 21.9. The van der Waals surface area contributed by atoms with Gasteiger partial charge in [-0.25, -0.2) is 4.98 Å². The number of pyridine rings is 1. The molecular formula is C24H27N5O2S. The van der Waals surface area contributed by atoms with E-state index in [1.807, 2.05) is 43.3 Å². The van der Waals surface area contributed by atoms with Crippen molar-refractivity contribution in [2.24, 2.45) is 0 Å². The van der Waals surface area contributed by atoms with Crippen LogP contribution in [0.5, 0.6) is 11.5 Å². The highest BCUT2D eigenvalue weighted by Gasteiger charge is 2.25. The zero-order valence-electron chi connectivity index (χ0n) is 18.4. The topological polar surface area (TPSA) is 64.8 Å². The molecule has 0 amide bonds. The molecule has 4 aromatic rings. The number of thiazole rings is 1. The standard InChI is InChI=1S/C24H27N5O2S/c1-3-31-20-8-7-18(14-21(20)30-2)24-25-19(16-32-24)15-28-12-9-17(10-13-28)23-27-26-22-6-4-5-11-29(22)23/h4-8,11,14,16-17H,3,9-10,12-13,15H2,1-2H3. The smallest absolute Gasteiger partial charge is 0.161 e. The normalized spacial score (nSPS) is 15.3. The molecule has 4 heterocycles. The van der Waals surface area contributed by atoms with Gasteiger partial charge in [-0.2, -0.15) is 0 Å². The zero-order valence-corrected chi connectivity index (χ0v) is 19.2. The van der Waals surface area contributed by atoms with Crippen molar-refractivity contribution in [2.75, 3.05) is 26.8 Å². The Hall–Kier alpha value is -2.97. The van der Waals surface area contributed by atoms with Gasteiger partial charge in [0.25, 0.3) is 0 Å². The summed E-state index contributed by atoms with van der Waals surface area (Å²) in [4.78, 5) is 7.37. The summed E-state index contributed by atoms with van der Waals surface area (Å²) in [6.07, 6.45) is 4.23. The van der Waals surface area contributed by atoms with E-state index in [2.05, 4.69) is 31.1 Å². The molecule has 0 radical (unpaired) electrons. The highest BCUT2D eigenvalue weighted by Crippen LogP contribution is 2.34. The van der Waals surface area contributed by atoms with E-state index < -0.39 is 0 Å². The fourth-order valence-corrected chi connectivity index (χ4v) is 5.11. The Kier molecular flexibility index (Phi) is 6.05. The third kappa shape index (κ3) is 4.20. The van der Waals surface area contributed by atoms with E-state index in [0.29, 0.717) is 12.5 Å². The summed E-state index contributed by atoms with van der Waals surface area (Å²) < 4.78 is 13.2. The minimum atomic E-state index is 0.450. The number of piperidine rings is 1. The summed E-state index contributed by atoms with van der Waals surface area (Å²) >= 11 is 1.67. The highest BCUT2D eigenvalue weighted by molar-refractivity contribution is 7.13. The second kappa shape index (κ2) is 9.26. The van der Waals surface area contributed by atoms with E-state index in [9.17, 15) is 0 Å². The van der Waals surface area contributed by atoms with E-state index in [1.54, 1.807) is 18.4 Å². The molecule has 3 aromatic heterocycles. The van der Waals surface area contributed by atoms with E-state index >= 15 is 0 Å². The largest absolute Gasteiger partial charge is 0.493 e. The molecule has 0 aliphatic carbocycles. The van der Waals surface area contributed by atoms with Crippen LogP contribution >= 0.6 is 11.3 Å². The number of hydrogen-bond acceptors (Lipinski definition) is 7. The van der Waals surface area contributed by atoms with Gasteiger partial charge < -0.3 is 9.47 Å². The van der Waals surface area contributed by atoms with Crippen LogP contribution in [-0.4, -0.2) is 51.3 Å². The Morgan fingerprint density at radius 2 is 1.97 bits per heavy atom. The van der Waals surface area contributed by atoms with Gasteiger partial charge in [0.1, 0.15) is 10.8 Å². The average molecular weight is 450 g/mol. The fraction of sp³-hybridized carbons (Fsp3) is 0.375. The molecule has 166 valence electrons. The first kappa shape index (κ1) is 20.9. The number of benzene rings is 1. The lowest BCUT2D eigenvalue weighted by Gasteiger charge is -2.30. The lowest BCUT2D eigenvalue weighted by atomic mass is 9.96. The second-order valence-corrected chi connectivity index (χ2v) is 8.84. The highest BCUT2D eigenvalue weighted by atomic mass is 32.1. The first-order chi connectivity index (χ1) is 15.7. The van der Waals surface area contributed by atoms with Gasteiger partial charge >= 0.3 is 0 Å². The Labute approximate surface area is 191 Å². The fourth-order valence-electron chi connectivity index (χ4n) is 4.30. The van der Waals surface area contributed by atoms with Gasteiger partial charge in [-0.1, -0.05) is 6.07 Å². The SMILES string of the molecule is CCOc1ccc(-c2nc(CN3CCC(c4nnc5ccccn45)CC3)cs2)cc1OC. The number of rotatable bonds is 7. The average Bonchev–Trinajstić information content (AvgIpc) is 3.47. The molecule has 1 aromatic carbocycles. The van der Waals surface area contributed by atoms with Crippen molar-refractivity contribution in [3.8, 4) is 22.1 Å². The molecule has 0 unspecified atom stereocenters. The maximum Gasteiger partial charge on any atom is 0.161 e. The second-order valence-electron chi connectivity index (χ2n) is 7.98. The van der Waals surface area contributed by atoms with Gasteiger partial charge in [-0.15, -0.1) is 21.5 Å². The van der Waals surface area contributed by atoms with Gasteiger partial charge in [0.05, 0.1) is 19.4 Å². The van der Waals surface area contributed by atoms with Crippen molar-refractivity contribution < 1.29 is 9.47 Å². The van der Waals surface area contributed by atoms with Gasteiger partial charge in [-0.05, 0) is 63.2 Å². The summed E-state index contributed by atoms with van der Waals surface area (Å²) in [6, 6.07) is 12.0. The van der Waals surface area contributed by atoms with Crippen LogP contribution in [0.25, 0.3) is 16.2 Å². The Morgan fingerprint density at radius 1 is 1.09 bits per heavy atom. The van der Waals surface area contributed by atoms with Crippen LogP contribution in [0.2, 0.25) is 0 Å². The summed E-state index contributed by atoms with van der Waals surface area (Å²) in [6.45, 7) is 5.53. The minimum absolute atomic E-state index is 0.450. The summed E-state index contributed by atoms with van der Waals surface area (Å²) in [5, 5.41) is 11.9. The predicted molar refractivity (Wildman–Crippen MR) is 126 cm³/mol. The number of ether oxygens (including phenoxy) is 2. The van der Waals surface area contributed by atoms with Crippen molar-refractivity contribution in [1.82, 2.24) is 24.5 Å². The van der Waals surface area contributed by atoms with E-state index in [0.717, 1.165) is 71.7 Å². The molecule has 0 spiro atoms. The number of aromatic nitrogens is 4. The lowest BCUT2D eigenvalue weighted by Crippen LogP contribution is -2.33. The van der Waals surface area contributed by atoms with Crippen LogP contribution in [0, 0.1) is 0 Å². The lowest BCUT2D eigenvalue weighted by molar-refractivity contribution is 0.199. The summed E-state index contributed by atoms with van der Waals surface area (Å²) in [5.41, 5.74) is 3.09. The summed E-state index contributed by atoms with van der Waals surface area (Å²) in [7, 11) is 1.67. The van der Waals surface area contributed by atoms with Crippen LogP contribution < -0.4 is 9.47 Å². The predicted octanol–water partition coefficient (Wildman–Crippen LogP) is 4.64. The molecule has 8 heteroatoms. The molecule has 0 N–H and O–H groups in total. The molecule has 0 bridgehead atoms. The van der Waals surface area contributed by atoms with Crippen molar-refractivity contribution in [3.05, 3.63) is 59.5 Å². The molecule has 5 rings (SSSR count). The molecular weight excluding hydrogens is 422 g/mol. The molecule has 1 aliphatic heterocycles. The third-order valence-electron chi connectivity index (χ3n) is 5.94. The first-order valence-electron chi connectivity index (χ1n) is 11.0. The molecule has 0 saturated carbocycles. The van der Waals surface area contributed by atoms with Crippen molar-refractivity contribution >= 4 is 17.0 Å². The van der Waals surface area contributed by atoms with Crippen molar-refractivity contribution in [1.29, 1.82) is 0 Å². The molecule has 32 heavy (non-hydrogen) atoms.